The largest absolute Gasteiger partial charge is 0.394 e. The first-order valence-electron chi connectivity index (χ1n) is 7.11. The Hall–Kier alpha value is -0.160. The number of aliphatic hydroxyl groups is 1. The lowest BCUT2D eigenvalue weighted by Crippen LogP contribution is -2.63. The number of hydrogen-bond acceptors (Lipinski definition) is 4. The van der Waals surface area contributed by atoms with Gasteiger partial charge in [0.15, 0.2) is 0 Å². The van der Waals surface area contributed by atoms with Gasteiger partial charge in [0.05, 0.1) is 6.61 Å². The molecule has 2 aliphatic rings. The van der Waals surface area contributed by atoms with Crippen LogP contribution in [0.25, 0.3) is 0 Å². The third kappa shape index (κ3) is 2.65. The van der Waals surface area contributed by atoms with E-state index in [0.717, 1.165) is 52.1 Å². The molecule has 4 heteroatoms. The molecule has 2 rings (SSSR count). The first-order chi connectivity index (χ1) is 8.33. The lowest BCUT2D eigenvalue weighted by atomic mass is 9.76. The molecule has 0 amide bonds. The van der Waals surface area contributed by atoms with Crippen LogP contribution in [0.2, 0.25) is 0 Å². The first kappa shape index (κ1) is 13.3. The van der Waals surface area contributed by atoms with Crippen molar-refractivity contribution in [3.8, 4) is 0 Å². The van der Waals surface area contributed by atoms with E-state index < -0.39 is 0 Å². The molecule has 100 valence electrons. The first-order valence-corrected chi connectivity index (χ1v) is 7.11. The predicted octanol–water partition coefficient (Wildman–Crippen LogP) is 0.0323. The molecule has 2 heterocycles. The minimum absolute atomic E-state index is 0.0338. The predicted molar refractivity (Wildman–Crippen MR) is 70.1 cm³/mol. The molecular weight excluding hydrogens is 214 g/mol. The van der Waals surface area contributed by atoms with E-state index in [9.17, 15) is 5.11 Å². The highest BCUT2D eigenvalue weighted by atomic mass is 16.3. The van der Waals surface area contributed by atoms with E-state index in [-0.39, 0.29) is 5.54 Å². The second-order valence-corrected chi connectivity index (χ2v) is 5.41. The van der Waals surface area contributed by atoms with Crippen LogP contribution in [0.1, 0.15) is 26.2 Å². The number of piperidine rings is 1. The highest BCUT2D eigenvalue weighted by Gasteiger charge is 2.43. The Bertz CT molecular complexity index is 229. The fourth-order valence-electron chi connectivity index (χ4n) is 3.52. The lowest BCUT2D eigenvalue weighted by Gasteiger charge is -2.50. The molecule has 3 N–H and O–H groups in total. The van der Waals surface area contributed by atoms with Gasteiger partial charge < -0.3 is 15.7 Å². The van der Waals surface area contributed by atoms with Gasteiger partial charge >= 0.3 is 0 Å². The smallest absolute Gasteiger partial charge is 0.0619 e. The molecule has 2 atom stereocenters. The van der Waals surface area contributed by atoms with Crippen molar-refractivity contribution in [2.75, 3.05) is 45.9 Å². The average molecular weight is 241 g/mol. The quantitative estimate of drug-likeness (QED) is 0.652. The Balaban J connectivity index is 2.14. The summed E-state index contributed by atoms with van der Waals surface area (Å²) in [6.45, 7) is 9.05. The summed E-state index contributed by atoms with van der Waals surface area (Å²) in [4.78, 5) is 2.56. The fourth-order valence-corrected chi connectivity index (χ4v) is 3.52. The summed E-state index contributed by atoms with van der Waals surface area (Å²) in [5, 5.41) is 16.9. The maximum Gasteiger partial charge on any atom is 0.0619 e. The standard InChI is InChI=1S/C13H27N3O/c1-2-12-10-15-6-4-13(12,11-17)16-8-3-5-14-7-9-16/h12,14-15,17H,2-11H2,1H3. The zero-order valence-corrected chi connectivity index (χ0v) is 11.0. The molecule has 0 saturated carbocycles. The van der Waals surface area contributed by atoms with E-state index in [2.05, 4.69) is 22.5 Å². The van der Waals surface area contributed by atoms with Crippen molar-refractivity contribution in [1.29, 1.82) is 0 Å². The Morgan fingerprint density at radius 2 is 2.12 bits per heavy atom. The van der Waals surface area contributed by atoms with Gasteiger partial charge in [-0.1, -0.05) is 13.3 Å². The summed E-state index contributed by atoms with van der Waals surface area (Å²) >= 11 is 0. The zero-order valence-electron chi connectivity index (χ0n) is 11.0. The van der Waals surface area contributed by atoms with Crippen molar-refractivity contribution in [2.45, 2.75) is 31.7 Å². The topological polar surface area (TPSA) is 47.5 Å². The summed E-state index contributed by atoms with van der Waals surface area (Å²) in [6.07, 6.45) is 3.44. The molecule has 17 heavy (non-hydrogen) atoms. The second kappa shape index (κ2) is 6.14. The van der Waals surface area contributed by atoms with Gasteiger partial charge in [-0.15, -0.1) is 0 Å². The third-order valence-corrected chi connectivity index (χ3v) is 4.62. The molecule has 2 fully saturated rings. The van der Waals surface area contributed by atoms with E-state index in [0.29, 0.717) is 12.5 Å². The SMILES string of the molecule is CCC1CNCCC1(CO)N1CCCNCC1. The van der Waals surface area contributed by atoms with Crippen molar-refractivity contribution >= 4 is 0 Å². The van der Waals surface area contributed by atoms with Gasteiger partial charge in [0, 0.05) is 25.2 Å². The van der Waals surface area contributed by atoms with E-state index in [1.807, 2.05) is 0 Å². The number of rotatable bonds is 3. The normalized spacial score (nSPS) is 36.7. The van der Waals surface area contributed by atoms with Gasteiger partial charge in [-0.2, -0.15) is 0 Å². The molecule has 2 saturated heterocycles. The molecule has 0 bridgehead atoms. The Labute approximate surface area is 105 Å². The summed E-state index contributed by atoms with van der Waals surface area (Å²) < 4.78 is 0. The highest BCUT2D eigenvalue weighted by Crippen LogP contribution is 2.33. The molecule has 0 aromatic heterocycles. The van der Waals surface area contributed by atoms with E-state index in [1.54, 1.807) is 0 Å². The molecule has 0 spiro atoms. The van der Waals surface area contributed by atoms with Crippen molar-refractivity contribution < 1.29 is 5.11 Å². The summed E-state index contributed by atoms with van der Waals surface area (Å²) in [6, 6.07) is 0. The molecule has 0 radical (unpaired) electrons. The van der Waals surface area contributed by atoms with Crippen molar-refractivity contribution in [3.05, 3.63) is 0 Å². The van der Waals surface area contributed by atoms with Gasteiger partial charge in [-0.25, -0.2) is 0 Å². The maximum absolute atomic E-state index is 10.00. The van der Waals surface area contributed by atoms with Crippen LogP contribution < -0.4 is 10.6 Å². The molecule has 2 aliphatic heterocycles. The minimum atomic E-state index is 0.0338. The molecule has 0 aromatic rings. The van der Waals surface area contributed by atoms with Crippen LogP contribution in [0.4, 0.5) is 0 Å². The van der Waals surface area contributed by atoms with Gasteiger partial charge in [0.25, 0.3) is 0 Å². The van der Waals surface area contributed by atoms with Crippen molar-refractivity contribution in [2.24, 2.45) is 5.92 Å². The van der Waals surface area contributed by atoms with Crippen LogP contribution in [-0.2, 0) is 0 Å². The summed E-state index contributed by atoms with van der Waals surface area (Å²) in [7, 11) is 0. The number of nitrogens with one attached hydrogen (secondary N) is 2. The maximum atomic E-state index is 10.00. The Morgan fingerprint density at radius 3 is 2.88 bits per heavy atom. The third-order valence-electron chi connectivity index (χ3n) is 4.62. The summed E-state index contributed by atoms with van der Waals surface area (Å²) in [5.41, 5.74) is 0.0338. The zero-order chi connectivity index (χ0) is 12.1. The monoisotopic (exact) mass is 241 g/mol. The van der Waals surface area contributed by atoms with Gasteiger partial charge in [-0.3, -0.25) is 4.90 Å². The van der Waals surface area contributed by atoms with E-state index in [1.165, 1.54) is 6.42 Å². The van der Waals surface area contributed by atoms with Crippen LogP contribution in [-0.4, -0.2) is 61.4 Å². The Kier molecular flexibility index (Phi) is 4.79. The van der Waals surface area contributed by atoms with Gasteiger partial charge in [0.1, 0.15) is 0 Å². The number of nitrogens with zero attached hydrogens (tertiary/aromatic N) is 1. The van der Waals surface area contributed by atoms with Crippen LogP contribution in [0.3, 0.4) is 0 Å². The number of aliphatic hydroxyl groups excluding tert-OH is 1. The van der Waals surface area contributed by atoms with Crippen LogP contribution in [0.5, 0.6) is 0 Å². The number of hydrogen-bond donors (Lipinski definition) is 3. The fraction of sp³-hybridized carbons (Fsp3) is 1.00. The van der Waals surface area contributed by atoms with Crippen LogP contribution in [0, 0.1) is 5.92 Å². The molecule has 4 nitrogen and oxygen atoms in total. The minimum Gasteiger partial charge on any atom is -0.394 e. The second-order valence-electron chi connectivity index (χ2n) is 5.41. The molecular formula is C13H27N3O. The average Bonchev–Trinajstić information content (AvgIpc) is 2.67. The summed E-state index contributed by atoms with van der Waals surface area (Å²) in [5.74, 6) is 0.583. The molecule has 0 aromatic carbocycles. The molecule has 0 aliphatic carbocycles. The lowest BCUT2D eigenvalue weighted by molar-refractivity contribution is -0.0332. The van der Waals surface area contributed by atoms with E-state index >= 15 is 0 Å². The highest BCUT2D eigenvalue weighted by molar-refractivity contribution is 5.00. The van der Waals surface area contributed by atoms with Crippen LogP contribution in [0.15, 0.2) is 0 Å². The van der Waals surface area contributed by atoms with Crippen molar-refractivity contribution in [3.63, 3.8) is 0 Å². The molecule has 2 unspecified atom stereocenters. The van der Waals surface area contributed by atoms with Crippen LogP contribution >= 0.6 is 0 Å². The Morgan fingerprint density at radius 1 is 1.24 bits per heavy atom. The van der Waals surface area contributed by atoms with Gasteiger partial charge in [-0.05, 0) is 38.4 Å². The van der Waals surface area contributed by atoms with E-state index in [4.69, 9.17) is 0 Å². The van der Waals surface area contributed by atoms with Gasteiger partial charge in [0.2, 0.25) is 0 Å². The van der Waals surface area contributed by atoms with Crippen molar-refractivity contribution in [1.82, 2.24) is 15.5 Å².